The molecular formula is C20H17N5O. The molecule has 4 rings (SSSR count). The molecule has 0 aliphatic rings. The number of rotatable bonds is 5. The minimum absolute atomic E-state index is 0.374. The van der Waals surface area contributed by atoms with Crippen molar-refractivity contribution in [2.75, 3.05) is 5.32 Å². The molecule has 0 aliphatic carbocycles. The molecule has 128 valence electrons. The second-order valence-corrected chi connectivity index (χ2v) is 5.75. The molecule has 6 nitrogen and oxygen atoms in total. The molecule has 2 heterocycles. The van der Waals surface area contributed by atoms with Gasteiger partial charge in [0.25, 0.3) is 5.89 Å². The van der Waals surface area contributed by atoms with E-state index in [-0.39, 0.29) is 0 Å². The Kier molecular flexibility index (Phi) is 4.38. The zero-order chi connectivity index (χ0) is 17.8. The second-order valence-electron chi connectivity index (χ2n) is 5.75. The highest BCUT2D eigenvalue weighted by atomic mass is 16.5. The van der Waals surface area contributed by atoms with E-state index in [1.807, 2.05) is 42.5 Å². The van der Waals surface area contributed by atoms with Crippen molar-refractivity contribution in [3.05, 3.63) is 72.7 Å². The van der Waals surface area contributed by atoms with E-state index in [4.69, 9.17) is 4.52 Å². The van der Waals surface area contributed by atoms with Crippen molar-refractivity contribution in [2.24, 2.45) is 0 Å². The summed E-state index contributed by atoms with van der Waals surface area (Å²) in [5.74, 6) is 1.53. The van der Waals surface area contributed by atoms with Crippen molar-refractivity contribution >= 4 is 11.5 Å². The van der Waals surface area contributed by atoms with Gasteiger partial charge in [0.15, 0.2) is 0 Å². The van der Waals surface area contributed by atoms with E-state index in [1.165, 1.54) is 11.9 Å². The van der Waals surface area contributed by atoms with Gasteiger partial charge in [0, 0.05) is 17.4 Å². The molecule has 2 aromatic heterocycles. The summed E-state index contributed by atoms with van der Waals surface area (Å²) in [6, 6.07) is 17.9. The van der Waals surface area contributed by atoms with E-state index < -0.39 is 0 Å². The van der Waals surface area contributed by atoms with E-state index in [9.17, 15) is 0 Å². The summed E-state index contributed by atoms with van der Waals surface area (Å²) in [4.78, 5) is 12.9. The summed E-state index contributed by atoms with van der Waals surface area (Å²) in [5, 5.41) is 7.38. The number of nitrogens with zero attached hydrogens (tertiary/aromatic N) is 4. The van der Waals surface area contributed by atoms with Crippen LogP contribution in [0.3, 0.4) is 0 Å². The second kappa shape index (κ2) is 7.14. The van der Waals surface area contributed by atoms with Crippen LogP contribution in [0.25, 0.3) is 22.8 Å². The van der Waals surface area contributed by atoms with Crippen LogP contribution in [0.5, 0.6) is 0 Å². The highest BCUT2D eigenvalue weighted by Crippen LogP contribution is 2.28. The minimum Gasteiger partial charge on any atom is -0.339 e. The van der Waals surface area contributed by atoms with E-state index in [1.54, 1.807) is 6.20 Å². The van der Waals surface area contributed by atoms with Gasteiger partial charge in [-0.05, 0) is 24.1 Å². The first-order valence-corrected chi connectivity index (χ1v) is 8.39. The molecule has 0 fully saturated rings. The lowest BCUT2D eigenvalue weighted by Crippen LogP contribution is -1.98. The lowest BCUT2D eigenvalue weighted by molar-refractivity contribution is 0.432. The van der Waals surface area contributed by atoms with Crippen molar-refractivity contribution in [3.63, 3.8) is 0 Å². The third-order valence-electron chi connectivity index (χ3n) is 4.00. The van der Waals surface area contributed by atoms with Crippen molar-refractivity contribution in [3.8, 4) is 22.8 Å². The lowest BCUT2D eigenvalue weighted by atomic mass is 10.1. The average Bonchev–Trinajstić information content (AvgIpc) is 3.19. The topological polar surface area (TPSA) is 76.7 Å². The first-order chi connectivity index (χ1) is 12.8. The lowest BCUT2D eigenvalue weighted by Gasteiger charge is -2.09. The molecule has 0 radical (unpaired) electrons. The first kappa shape index (κ1) is 16.0. The largest absolute Gasteiger partial charge is 0.339 e. The van der Waals surface area contributed by atoms with E-state index in [0.29, 0.717) is 23.1 Å². The molecule has 0 atom stereocenters. The Morgan fingerprint density at radius 3 is 2.77 bits per heavy atom. The van der Waals surface area contributed by atoms with Crippen LogP contribution in [0.15, 0.2) is 71.6 Å². The Labute approximate surface area is 151 Å². The summed E-state index contributed by atoms with van der Waals surface area (Å²) in [7, 11) is 0. The van der Waals surface area contributed by atoms with Gasteiger partial charge in [-0.1, -0.05) is 54.5 Å². The van der Waals surface area contributed by atoms with E-state index >= 15 is 0 Å². The van der Waals surface area contributed by atoms with Crippen molar-refractivity contribution in [2.45, 2.75) is 13.3 Å². The Hall–Kier alpha value is -3.54. The zero-order valence-corrected chi connectivity index (χ0v) is 14.3. The summed E-state index contributed by atoms with van der Waals surface area (Å²) in [5.41, 5.74) is 3.75. The number of hydrogen-bond donors (Lipinski definition) is 1. The molecule has 4 aromatic rings. The predicted molar refractivity (Wildman–Crippen MR) is 99.9 cm³/mol. The third-order valence-corrected chi connectivity index (χ3v) is 4.00. The number of benzene rings is 2. The van der Waals surface area contributed by atoms with Crippen LogP contribution in [-0.2, 0) is 6.42 Å². The average molecular weight is 343 g/mol. The summed E-state index contributed by atoms with van der Waals surface area (Å²) in [6.07, 6.45) is 4.13. The normalized spacial score (nSPS) is 10.7. The first-order valence-electron chi connectivity index (χ1n) is 8.39. The monoisotopic (exact) mass is 343 g/mol. The van der Waals surface area contributed by atoms with Crippen LogP contribution in [0, 0.1) is 0 Å². The van der Waals surface area contributed by atoms with Gasteiger partial charge in [0.05, 0.1) is 0 Å². The maximum atomic E-state index is 5.45. The highest BCUT2D eigenvalue weighted by Gasteiger charge is 2.15. The fourth-order valence-corrected chi connectivity index (χ4v) is 2.63. The van der Waals surface area contributed by atoms with Crippen LogP contribution in [0.1, 0.15) is 12.5 Å². The molecule has 2 aromatic carbocycles. The number of aromatic nitrogens is 4. The predicted octanol–water partition coefficient (Wildman–Crippen LogP) is 4.50. The van der Waals surface area contributed by atoms with Gasteiger partial charge < -0.3 is 9.84 Å². The fourth-order valence-electron chi connectivity index (χ4n) is 2.63. The van der Waals surface area contributed by atoms with E-state index in [2.05, 4.69) is 44.5 Å². The number of nitrogens with one attached hydrogen (secondary N) is 1. The van der Waals surface area contributed by atoms with Crippen LogP contribution in [0.2, 0.25) is 0 Å². The SMILES string of the molecule is CCc1cccc(Nc2ncncc2-c2nc(-c3ccccc3)no2)c1. The van der Waals surface area contributed by atoms with Crippen molar-refractivity contribution < 1.29 is 4.52 Å². The maximum Gasteiger partial charge on any atom is 0.263 e. The van der Waals surface area contributed by atoms with E-state index in [0.717, 1.165) is 17.7 Å². The number of aryl methyl sites for hydroxylation is 1. The van der Waals surface area contributed by atoms with Crippen LogP contribution in [-0.4, -0.2) is 20.1 Å². The Morgan fingerprint density at radius 1 is 1.04 bits per heavy atom. The van der Waals surface area contributed by atoms with Gasteiger partial charge in [-0.2, -0.15) is 4.98 Å². The molecule has 0 amide bonds. The molecular weight excluding hydrogens is 326 g/mol. The van der Waals surface area contributed by atoms with Gasteiger partial charge in [0.1, 0.15) is 17.7 Å². The number of anilines is 2. The smallest absolute Gasteiger partial charge is 0.263 e. The van der Waals surface area contributed by atoms with Gasteiger partial charge in [-0.25, -0.2) is 9.97 Å². The maximum absolute atomic E-state index is 5.45. The van der Waals surface area contributed by atoms with Gasteiger partial charge in [-0.15, -0.1) is 0 Å². The molecule has 0 spiro atoms. The summed E-state index contributed by atoms with van der Waals surface area (Å²) >= 11 is 0. The molecule has 0 unspecified atom stereocenters. The molecule has 1 N–H and O–H groups in total. The minimum atomic E-state index is 0.374. The summed E-state index contributed by atoms with van der Waals surface area (Å²) < 4.78 is 5.45. The summed E-state index contributed by atoms with van der Waals surface area (Å²) in [6.45, 7) is 2.12. The van der Waals surface area contributed by atoms with Gasteiger partial charge in [0.2, 0.25) is 5.82 Å². The standard InChI is InChI=1S/C20H17N5O/c1-2-14-7-6-10-16(11-14)23-19-17(12-21-13-22-19)20-24-18(25-26-20)15-8-4-3-5-9-15/h3-13H,2H2,1H3,(H,21,22,23). The Bertz CT molecular complexity index is 1010. The van der Waals surface area contributed by atoms with Crippen LogP contribution < -0.4 is 5.32 Å². The fraction of sp³-hybridized carbons (Fsp3) is 0.100. The van der Waals surface area contributed by atoms with Gasteiger partial charge in [-0.3, -0.25) is 0 Å². The molecule has 6 heteroatoms. The van der Waals surface area contributed by atoms with Crippen LogP contribution in [0.4, 0.5) is 11.5 Å². The van der Waals surface area contributed by atoms with Crippen LogP contribution >= 0.6 is 0 Å². The highest BCUT2D eigenvalue weighted by molar-refractivity contribution is 5.73. The molecule has 0 saturated carbocycles. The van der Waals surface area contributed by atoms with Crippen molar-refractivity contribution in [1.82, 2.24) is 20.1 Å². The zero-order valence-electron chi connectivity index (χ0n) is 14.3. The van der Waals surface area contributed by atoms with Crippen molar-refractivity contribution in [1.29, 1.82) is 0 Å². The Morgan fingerprint density at radius 2 is 1.92 bits per heavy atom. The molecule has 0 bridgehead atoms. The number of hydrogen-bond acceptors (Lipinski definition) is 6. The molecule has 0 aliphatic heterocycles. The Balaban J connectivity index is 1.67. The van der Waals surface area contributed by atoms with Gasteiger partial charge >= 0.3 is 0 Å². The third kappa shape index (κ3) is 3.30. The molecule has 0 saturated heterocycles. The molecule has 26 heavy (non-hydrogen) atoms. The quantitative estimate of drug-likeness (QED) is 0.575.